The van der Waals surface area contributed by atoms with E-state index in [9.17, 15) is 9.59 Å². The molecule has 2 heterocycles. The number of carbonyl (C=O) groups excluding carboxylic acids is 2. The highest BCUT2D eigenvalue weighted by Crippen LogP contribution is 2.28. The lowest BCUT2D eigenvalue weighted by atomic mass is 10.2. The van der Waals surface area contributed by atoms with E-state index in [2.05, 4.69) is 15.3 Å². The fourth-order valence-corrected chi connectivity index (χ4v) is 3.54. The van der Waals surface area contributed by atoms with Crippen molar-refractivity contribution >= 4 is 34.2 Å². The molecule has 0 bridgehead atoms. The number of aromatic amines is 1. The van der Waals surface area contributed by atoms with Crippen LogP contribution in [0.3, 0.4) is 0 Å². The van der Waals surface area contributed by atoms with Gasteiger partial charge in [-0.3, -0.25) is 9.59 Å². The Balaban J connectivity index is 1.39. The van der Waals surface area contributed by atoms with Crippen LogP contribution in [-0.2, 0) is 16.0 Å². The Labute approximate surface area is 157 Å². The molecular formula is C21H22N4O2. The van der Waals surface area contributed by atoms with Crippen LogP contribution in [-0.4, -0.2) is 27.8 Å². The second-order valence-corrected chi connectivity index (χ2v) is 6.95. The number of aryl methyl sites for hydroxylation is 1. The number of nitrogens with zero attached hydrogens (tertiary/aromatic N) is 2. The van der Waals surface area contributed by atoms with E-state index in [1.54, 1.807) is 0 Å². The highest BCUT2D eigenvalue weighted by Gasteiger charge is 2.28. The summed E-state index contributed by atoms with van der Waals surface area (Å²) in [5.74, 6) is 0.862. The summed E-state index contributed by atoms with van der Waals surface area (Å²) >= 11 is 0. The second kappa shape index (κ2) is 7.23. The smallest absolute Gasteiger partial charge is 0.227 e. The van der Waals surface area contributed by atoms with Gasteiger partial charge in [-0.15, -0.1) is 0 Å². The molecule has 2 amide bonds. The predicted molar refractivity (Wildman–Crippen MR) is 106 cm³/mol. The fourth-order valence-electron chi connectivity index (χ4n) is 3.54. The molecule has 6 nitrogen and oxygen atoms in total. The highest BCUT2D eigenvalue weighted by molar-refractivity contribution is 5.97. The standard InChI is InChI=1S/C21H22N4O2/c1-14-9-12-21(27)25(14)16-6-4-5-15(13-16)22-20(26)11-10-19-23-17-7-2-3-8-18(17)24-19/h2-8,13-14H,9-12H2,1H3,(H,22,26)(H,23,24). The molecule has 0 radical (unpaired) electrons. The Kier molecular flexibility index (Phi) is 4.62. The van der Waals surface area contributed by atoms with E-state index < -0.39 is 0 Å². The van der Waals surface area contributed by atoms with Gasteiger partial charge >= 0.3 is 0 Å². The number of H-pyrrole nitrogens is 1. The summed E-state index contributed by atoms with van der Waals surface area (Å²) in [6.07, 6.45) is 2.33. The molecule has 138 valence electrons. The molecule has 3 aromatic rings. The van der Waals surface area contributed by atoms with E-state index in [1.807, 2.05) is 60.4 Å². The van der Waals surface area contributed by atoms with Crippen LogP contribution in [0.1, 0.15) is 32.0 Å². The second-order valence-electron chi connectivity index (χ2n) is 6.95. The third-order valence-electron chi connectivity index (χ3n) is 4.92. The molecule has 1 aromatic heterocycles. The number of fused-ring (bicyclic) bond motifs is 1. The SMILES string of the molecule is CC1CCC(=O)N1c1cccc(NC(=O)CCc2nc3ccccc3[nH]2)c1. The number of carbonyl (C=O) groups is 2. The summed E-state index contributed by atoms with van der Waals surface area (Å²) < 4.78 is 0. The van der Waals surface area contributed by atoms with E-state index in [1.165, 1.54) is 0 Å². The predicted octanol–water partition coefficient (Wildman–Crippen LogP) is 3.65. The van der Waals surface area contributed by atoms with Crippen LogP contribution in [0.4, 0.5) is 11.4 Å². The van der Waals surface area contributed by atoms with Crippen LogP contribution >= 0.6 is 0 Å². The average Bonchev–Trinajstić information content (AvgIpc) is 3.22. The lowest BCUT2D eigenvalue weighted by molar-refractivity contribution is -0.117. The van der Waals surface area contributed by atoms with Crippen LogP contribution in [0.5, 0.6) is 0 Å². The Hall–Kier alpha value is -3.15. The van der Waals surface area contributed by atoms with Crippen molar-refractivity contribution in [2.75, 3.05) is 10.2 Å². The van der Waals surface area contributed by atoms with Gasteiger partial charge in [-0.2, -0.15) is 0 Å². The van der Waals surface area contributed by atoms with Crippen molar-refractivity contribution in [2.45, 2.75) is 38.6 Å². The summed E-state index contributed by atoms with van der Waals surface area (Å²) in [6.45, 7) is 2.05. The van der Waals surface area contributed by atoms with Crippen LogP contribution in [0.25, 0.3) is 11.0 Å². The molecule has 0 spiro atoms. The van der Waals surface area contributed by atoms with Gasteiger partial charge in [-0.1, -0.05) is 18.2 Å². The van der Waals surface area contributed by atoms with E-state index in [4.69, 9.17) is 0 Å². The minimum atomic E-state index is -0.0756. The molecule has 2 aromatic carbocycles. The molecular weight excluding hydrogens is 340 g/mol. The lowest BCUT2D eigenvalue weighted by Crippen LogP contribution is -2.30. The first kappa shape index (κ1) is 17.3. The Bertz CT molecular complexity index is 962. The zero-order valence-corrected chi connectivity index (χ0v) is 15.2. The largest absolute Gasteiger partial charge is 0.342 e. The number of aromatic nitrogens is 2. The Morgan fingerprint density at radius 1 is 1.26 bits per heavy atom. The van der Waals surface area contributed by atoms with Gasteiger partial charge in [-0.25, -0.2) is 4.98 Å². The van der Waals surface area contributed by atoms with Crippen molar-refractivity contribution in [2.24, 2.45) is 0 Å². The van der Waals surface area contributed by atoms with Crippen molar-refractivity contribution in [1.82, 2.24) is 9.97 Å². The van der Waals surface area contributed by atoms with Crippen LogP contribution < -0.4 is 10.2 Å². The van der Waals surface area contributed by atoms with Crippen LogP contribution in [0.2, 0.25) is 0 Å². The zero-order chi connectivity index (χ0) is 18.8. The van der Waals surface area contributed by atoms with Gasteiger partial charge < -0.3 is 15.2 Å². The van der Waals surface area contributed by atoms with Gasteiger partial charge in [-0.05, 0) is 43.7 Å². The fraction of sp³-hybridized carbons (Fsp3) is 0.286. The maximum Gasteiger partial charge on any atom is 0.227 e. The maximum absolute atomic E-state index is 12.3. The highest BCUT2D eigenvalue weighted by atomic mass is 16.2. The molecule has 27 heavy (non-hydrogen) atoms. The number of para-hydroxylation sites is 2. The van der Waals surface area contributed by atoms with Crippen molar-refractivity contribution in [3.05, 3.63) is 54.4 Å². The van der Waals surface area contributed by atoms with Gasteiger partial charge in [0.05, 0.1) is 11.0 Å². The van der Waals surface area contributed by atoms with Gasteiger partial charge in [0.1, 0.15) is 5.82 Å². The number of rotatable bonds is 5. The summed E-state index contributed by atoms with van der Waals surface area (Å²) in [6, 6.07) is 15.5. The van der Waals surface area contributed by atoms with Crippen molar-refractivity contribution in [1.29, 1.82) is 0 Å². The number of hydrogen-bond donors (Lipinski definition) is 2. The molecule has 1 atom stereocenters. The third kappa shape index (κ3) is 3.69. The molecule has 0 saturated carbocycles. The lowest BCUT2D eigenvalue weighted by Gasteiger charge is -2.22. The molecule has 1 unspecified atom stereocenters. The molecule has 1 aliphatic rings. The van der Waals surface area contributed by atoms with E-state index >= 15 is 0 Å². The normalized spacial score (nSPS) is 16.9. The summed E-state index contributed by atoms with van der Waals surface area (Å²) in [5, 5.41) is 2.92. The quantitative estimate of drug-likeness (QED) is 0.727. The molecule has 2 N–H and O–H groups in total. The van der Waals surface area contributed by atoms with Crippen molar-refractivity contribution in [3.63, 3.8) is 0 Å². The number of amides is 2. The monoisotopic (exact) mass is 362 g/mol. The van der Waals surface area contributed by atoms with Gasteiger partial charge in [0.15, 0.2) is 0 Å². The van der Waals surface area contributed by atoms with Crippen LogP contribution in [0, 0.1) is 0 Å². The van der Waals surface area contributed by atoms with Gasteiger partial charge in [0.25, 0.3) is 0 Å². The average molecular weight is 362 g/mol. The van der Waals surface area contributed by atoms with Crippen molar-refractivity contribution in [3.8, 4) is 0 Å². The zero-order valence-electron chi connectivity index (χ0n) is 15.2. The summed E-state index contributed by atoms with van der Waals surface area (Å²) in [4.78, 5) is 33.9. The molecule has 0 aliphatic carbocycles. The summed E-state index contributed by atoms with van der Waals surface area (Å²) in [5.41, 5.74) is 3.42. The summed E-state index contributed by atoms with van der Waals surface area (Å²) in [7, 11) is 0. The minimum Gasteiger partial charge on any atom is -0.342 e. The van der Waals surface area contributed by atoms with Gasteiger partial charge in [0, 0.05) is 36.7 Å². The number of anilines is 2. The molecule has 1 saturated heterocycles. The first-order chi connectivity index (χ1) is 13.1. The maximum atomic E-state index is 12.3. The number of hydrogen-bond acceptors (Lipinski definition) is 3. The van der Waals surface area contributed by atoms with E-state index in [-0.39, 0.29) is 17.9 Å². The molecule has 1 fully saturated rings. The Morgan fingerprint density at radius 2 is 2.11 bits per heavy atom. The van der Waals surface area contributed by atoms with E-state index in [0.29, 0.717) is 24.9 Å². The van der Waals surface area contributed by atoms with Gasteiger partial charge in [0.2, 0.25) is 11.8 Å². The first-order valence-electron chi connectivity index (χ1n) is 9.26. The molecule has 1 aliphatic heterocycles. The van der Waals surface area contributed by atoms with Crippen molar-refractivity contribution < 1.29 is 9.59 Å². The molecule has 4 rings (SSSR count). The third-order valence-corrected chi connectivity index (χ3v) is 4.92. The van der Waals surface area contributed by atoms with E-state index in [0.717, 1.165) is 29.0 Å². The van der Waals surface area contributed by atoms with Crippen LogP contribution in [0.15, 0.2) is 48.5 Å². The first-order valence-corrected chi connectivity index (χ1v) is 9.26. The topological polar surface area (TPSA) is 78.1 Å². The number of imidazole rings is 1. The number of nitrogens with one attached hydrogen (secondary N) is 2. The molecule has 6 heteroatoms. The number of benzene rings is 2. The Morgan fingerprint density at radius 3 is 2.89 bits per heavy atom. The minimum absolute atomic E-state index is 0.0756.